The van der Waals surface area contributed by atoms with Gasteiger partial charge in [-0.3, -0.25) is 9.78 Å². The number of hydrogen-bond acceptors (Lipinski definition) is 2. The lowest BCUT2D eigenvalue weighted by atomic mass is 10.00. The summed E-state index contributed by atoms with van der Waals surface area (Å²) < 4.78 is 0. The number of carbonyl (C=O) groups excluding carboxylic acids is 1. The van der Waals surface area contributed by atoms with Crippen molar-refractivity contribution in [1.82, 2.24) is 4.98 Å². The Morgan fingerprint density at radius 3 is 2.58 bits per heavy atom. The van der Waals surface area contributed by atoms with Gasteiger partial charge >= 0.3 is 0 Å². The smallest absolute Gasteiger partial charge is 0.256 e. The van der Waals surface area contributed by atoms with E-state index in [0.29, 0.717) is 5.57 Å². The van der Waals surface area contributed by atoms with Crippen molar-refractivity contribution in [2.45, 2.75) is 6.92 Å². The van der Waals surface area contributed by atoms with Crippen LogP contribution in [-0.4, -0.2) is 10.9 Å². The van der Waals surface area contributed by atoms with Crippen LogP contribution < -0.4 is 5.32 Å². The number of rotatable bonds is 2. The highest BCUT2D eigenvalue weighted by atomic mass is 16.2. The van der Waals surface area contributed by atoms with E-state index in [1.807, 2.05) is 66.9 Å². The van der Waals surface area contributed by atoms with E-state index in [-0.39, 0.29) is 5.91 Å². The van der Waals surface area contributed by atoms with Crippen LogP contribution in [0.15, 0.2) is 67.0 Å². The number of nitrogens with zero attached hydrogens (tertiary/aromatic N) is 1. The maximum atomic E-state index is 12.4. The zero-order valence-electron chi connectivity index (χ0n) is 13.3. The van der Waals surface area contributed by atoms with E-state index in [9.17, 15) is 4.79 Å². The number of benzene rings is 2. The van der Waals surface area contributed by atoms with Gasteiger partial charge in [0.2, 0.25) is 0 Å². The molecule has 3 aromatic rings. The molecule has 0 atom stereocenters. The number of carbonyl (C=O) groups is 1. The molecule has 0 saturated carbocycles. The Balaban J connectivity index is 1.74. The number of aryl methyl sites for hydroxylation is 1. The van der Waals surface area contributed by atoms with Crippen molar-refractivity contribution in [2.75, 3.05) is 5.32 Å². The summed E-state index contributed by atoms with van der Waals surface area (Å²) in [6, 6.07) is 18.1. The number of fused-ring (bicyclic) bond motifs is 1. The molecule has 0 bridgehead atoms. The highest BCUT2D eigenvalue weighted by Crippen LogP contribution is 2.36. The molecule has 2 heterocycles. The third kappa shape index (κ3) is 2.61. The molecule has 0 saturated heterocycles. The van der Waals surface area contributed by atoms with Crippen LogP contribution in [0, 0.1) is 6.92 Å². The quantitative estimate of drug-likeness (QED) is 0.705. The van der Waals surface area contributed by atoms with Gasteiger partial charge < -0.3 is 5.32 Å². The molecular formula is C21H16N2O. The third-order valence-corrected chi connectivity index (χ3v) is 4.19. The lowest BCUT2D eigenvalue weighted by Crippen LogP contribution is -2.03. The molecule has 24 heavy (non-hydrogen) atoms. The van der Waals surface area contributed by atoms with E-state index in [1.54, 1.807) is 6.20 Å². The third-order valence-electron chi connectivity index (χ3n) is 4.19. The van der Waals surface area contributed by atoms with Crippen LogP contribution in [-0.2, 0) is 4.79 Å². The van der Waals surface area contributed by atoms with Gasteiger partial charge in [0.05, 0.1) is 0 Å². The average molecular weight is 312 g/mol. The SMILES string of the molecule is Cc1ccc(/C=C2/C(=O)Nc3cc(-c4cccnc4)ccc32)cc1. The summed E-state index contributed by atoms with van der Waals surface area (Å²) in [6.07, 6.45) is 5.51. The summed E-state index contributed by atoms with van der Waals surface area (Å²) in [7, 11) is 0. The Labute approximate surface area is 140 Å². The second-order valence-electron chi connectivity index (χ2n) is 5.92. The molecule has 4 rings (SSSR count). The largest absolute Gasteiger partial charge is 0.321 e. The van der Waals surface area contributed by atoms with Crippen molar-refractivity contribution < 1.29 is 4.79 Å². The molecule has 1 N–H and O–H groups in total. The van der Waals surface area contributed by atoms with E-state index in [1.165, 1.54) is 5.56 Å². The van der Waals surface area contributed by atoms with Crippen molar-refractivity contribution >= 4 is 23.2 Å². The van der Waals surface area contributed by atoms with E-state index in [2.05, 4.69) is 17.2 Å². The van der Waals surface area contributed by atoms with E-state index in [0.717, 1.165) is 27.9 Å². The summed E-state index contributed by atoms with van der Waals surface area (Å²) in [5, 5.41) is 2.96. The Hall–Kier alpha value is -3.20. The number of anilines is 1. The number of nitrogens with one attached hydrogen (secondary N) is 1. The summed E-state index contributed by atoms with van der Waals surface area (Å²) in [4.78, 5) is 16.5. The van der Waals surface area contributed by atoms with Crippen molar-refractivity contribution in [3.63, 3.8) is 0 Å². The summed E-state index contributed by atoms with van der Waals surface area (Å²) in [6.45, 7) is 2.05. The molecule has 3 heteroatoms. The molecule has 0 fully saturated rings. The molecule has 0 radical (unpaired) electrons. The molecule has 116 valence electrons. The number of pyridine rings is 1. The maximum absolute atomic E-state index is 12.4. The molecule has 0 aliphatic carbocycles. The normalized spacial score (nSPS) is 14.5. The van der Waals surface area contributed by atoms with Gasteiger partial charge in [0, 0.05) is 34.8 Å². The minimum atomic E-state index is -0.0612. The van der Waals surface area contributed by atoms with Crippen molar-refractivity contribution in [3.8, 4) is 11.1 Å². The van der Waals surface area contributed by atoms with Crippen LogP contribution in [0.4, 0.5) is 5.69 Å². The zero-order chi connectivity index (χ0) is 16.5. The molecule has 1 aliphatic rings. The van der Waals surface area contributed by atoms with Crippen LogP contribution in [0.1, 0.15) is 16.7 Å². The average Bonchev–Trinajstić information content (AvgIpc) is 2.92. The fourth-order valence-corrected chi connectivity index (χ4v) is 2.88. The van der Waals surface area contributed by atoms with Gasteiger partial charge in [-0.2, -0.15) is 0 Å². The molecule has 3 nitrogen and oxygen atoms in total. The minimum Gasteiger partial charge on any atom is -0.321 e. The summed E-state index contributed by atoms with van der Waals surface area (Å²) >= 11 is 0. The molecule has 0 spiro atoms. The summed E-state index contributed by atoms with van der Waals surface area (Å²) in [5.74, 6) is -0.0612. The fourth-order valence-electron chi connectivity index (χ4n) is 2.88. The lowest BCUT2D eigenvalue weighted by Gasteiger charge is -2.04. The van der Waals surface area contributed by atoms with Crippen LogP contribution in [0.25, 0.3) is 22.8 Å². The second-order valence-corrected chi connectivity index (χ2v) is 5.92. The number of hydrogen-bond donors (Lipinski definition) is 1. The first-order valence-corrected chi connectivity index (χ1v) is 7.85. The van der Waals surface area contributed by atoms with E-state index >= 15 is 0 Å². The van der Waals surface area contributed by atoms with Gasteiger partial charge in [0.25, 0.3) is 5.91 Å². The van der Waals surface area contributed by atoms with Gasteiger partial charge in [-0.1, -0.05) is 48.0 Å². The van der Waals surface area contributed by atoms with Gasteiger partial charge in [0.15, 0.2) is 0 Å². The van der Waals surface area contributed by atoms with Gasteiger partial charge in [-0.25, -0.2) is 0 Å². The molecule has 0 unspecified atom stereocenters. The Kier molecular flexibility index (Phi) is 3.47. The molecule has 1 aromatic heterocycles. The second kappa shape index (κ2) is 5.78. The van der Waals surface area contributed by atoms with Crippen LogP contribution in [0.3, 0.4) is 0 Å². The Bertz CT molecular complexity index is 941. The first kappa shape index (κ1) is 14.4. The molecule has 2 aromatic carbocycles. The minimum absolute atomic E-state index is 0.0612. The van der Waals surface area contributed by atoms with Crippen molar-refractivity contribution in [2.24, 2.45) is 0 Å². The zero-order valence-corrected chi connectivity index (χ0v) is 13.3. The first-order valence-electron chi connectivity index (χ1n) is 7.85. The summed E-state index contributed by atoms with van der Waals surface area (Å²) in [5.41, 5.74) is 6.79. The van der Waals surface area contributed by atoms with E-state index < -0.39 is 0 Å². The van der Waals surface area contributed by atoms with Crippen LogP contribution in [0.2, 0.25) is 0 Å². The monoisotopic (exact) mass is 312 g/mol. The highest BCUT2D eigenvalue weighted by Gasteiger charge is 2.24. The van der Waals surface area contributed by atoms with Gasteiger partial charge in [-0.05, 0) is 36.3 Å². The molecule has 1 aliphatic heterocycles. The van der Waals surface area contributed by atoms with Gasteiger partial charge in [-0.15, -0.1) is 0 Å². The Morgan fingerprint density at radius 1 is 1.00 bits per heavy atom. The predicted octanol–water partition coefficient (Wildman–Crippen LogP) is 4.55. The van der Waals surface area contributed by atoms with Crippen LogP contribution >= 0.6 is 0 Å². The van der Waals surface area contributed by atoms with Crippen molar-refractivity contribution in [1.29, 1.82) is 0 Å². The molecular weight excluding hydrogens is 296 g/mol. The van der Waals surface area contributed by atoms with E-state index in [4.69, 9.17) is 0 Å². The maximum Gasteiger partial charge on any atom is 0.256 e. The van der Waals surface area contributed by atoms with Crippen molar-refractivity contribution in [3.05, 3.63) is 83.7 Å². The Morgan fingerprint density at radius 2 is 1.83 bits per heavy atom. The first-order chi connectivity index (χ1) is 11.7. The fraction of sp³-hybridized carbons (Fsp3) is 0.0476. The predicted molar refractivity (Wildman–Crippen MR) is 97.4 cm³/mol. The molecule has 1 amide bonds. The standard InChI is InChI=1S/C21H16N2O/c1-14-4-6-15(7-5-14)11-19-18-9-8-16(12-20(18)23-21(19)24)17-3-2-10-22-13-17/h2-13H,1H3,(H,23,24)/b19-11+. The topological polar surface area (TPSA) is 42.0 Å². The van der Waals surface area contributed by atoms with Crippen LogP contribution in [0.5, 0.6) is 0 Å². The number of aromatic nitrogens is 1. The van der Waals surface area contributed by atoms with Gasteiger partial charge in [0.1, 0.15) is 0 Å². The highest BCUT2D eigenvalue weighted by molar-refractivity contribution is 6.35. The lowest BCUT2D eigenvalue weighted by molar-refractivity contribution is -0.110. The number of amides is 1.